The fraction of sp³-hybridized carbons (Fsp3) is 0.500. The van der Waals surface area contributed by atoms with Crippen LogP contribution in [0.5, 0.6) is 6.01 Å². The number of carbonyl (C=O) groups is 1. The molecule has 2 N–H and O–H groups in total. The molecule has 0 aromatic carbocycles. The number of aromatic nitrogens is 3. The molecule has 1 aliphatic heterocycles. The molecule has 0 amide bonds. The maximum Gasteiger partial charge on any atom is 0.340 e. The molecule has 1 atom stereocenters. The number of carboxylic acids is 1. The van der Waals surface area contributed by atoms with Crippen molar-refractivity contribution in [2.24, 2.45) is 0 Å². The molecule has 1 aromatic heterocycles. The third-order valence-electron chi connectivity index (χ3n) is 1.77. The topological polar surface area (TPSA) is 97.5 Å². The van der Waals surface area contributed by atoms with Crippen LogP contribution in [0.25, 0.3) is 0 Å². The van der Waals surface area contributed by atoms with Crippen LogP contribution in [0, 0.1) is 0 Å². The van der Waals surface area contributed by atoms with E-state index in [4.69, 9.17) is 9.84 Å². The summed E-state index contributed by atoms with van der Waals surface area (Å²) in [4.78, 5) is 10.4. The maximum absolute atomic E-state index is 10.4. The quantitative estimate of drug-likeness (QED) is 0.599. The zero-order valence-corrected chi connectivity index (χ0v) is 6.54. The first-order chi connectivity index (χ1) is 6.20. The molecule has 2 heterocycles. The van der Waals surface area contributed by atoms with Gasteiger partial charge in [-0.1, -0.05) is 5.10 Å². The normalized spacial score (nSPS) is 16.4. The summed E-state index contributed by atoms with van der Waals surface area (Å²) < 4.78 is 6.44. The van der Waals surface area contributed by atoms with Gasteiger partial charge in [0.25, 0.3) is 0 Å². The maximum atomic E-state index is 10.4. The van der Waals surface area contributed by atoms with Crippen LogP contribution >= 0.6 is 0 Å². The lowest BCUT2D eigenvalue weighted by molar-refractivity contribution is -0.147. The van der Waals surface area contributed by atoms with Crippen molar-refractivity contribution < 1.29 is 19.7 Å². The molecular formula is C6H7N3O4. The summed E-state index contributed by atoms with van der Waals surface area (Å²) in [6.07, 6.45) is -1.64. The number of rotatable bonds is 2. The Kier molecular flexibility index (Phi) is 1.66. The molecule has 70 valence electrons. The number of carboxylic acid groups (broad SMARTS) is 1. The average molecular weight is 185 g/mol. The summed E-state index contributed by atoms with van der Waals surface area (Å²) in [5.41, 5.74) is 0. The van der Waals surface area contributed by atoms with Crippen molar-refractivity contribution in [2.45, 2.75) is 12.6 Å². The Hall–Kier alpha value is -1.63. The first kappa shape index (κ1) is 7.99. The molecule has 13 heavy (non-hydrogen) atoms. The van der Waals surface area contributed by atoms with E-state index in [1.165, 1.54) is 4.57 Å². The van der Waals surface area contributed by atoms with Gasteiger partial charge in [0.1, 0.15) is 6.61 Å². The Morgan fingerprint density at radius 1 is 1.62 bits per heavy atom. The van der Waals surface area contributed by atoms with Gasteiger partial charge in [-0.05, 0) is 0 Å². The lowest BCUT2D eigenvalue weighted by Gasteiger charge is -2.03. The largest absolute Gasteiger partial charge is 0.479 e. The van der Waals surface area contributed by atoms with Gasteiger partial charge >= 0.3 is 12.0 Å². The van der Waals surface area contributed by atoms with E-state index >= 15 is 0 Å². The van der Waals surface area contributed by atoms with Crippen LogP contribution in [0.15, 0.2) is 0 Å². The van der Waals surface area contributed by atoms with Crippen LogP contribution in [-0.4, -0.2) is 37.6 Å². The highest BCUT2D eigenvalue weighted by atomic mass is 16.5. The number of hydrogen-bond acceptors (Lipinski definition) is 5. The first-order valence-corrected chi connectivity index (χ1v) is 3.67. The number of aliphatic hydroxyl groups is 1. The molecular weight excluding hydrogens is 178 g/mol. The fourth-order valence-electron chi connectivity index (χ4n) is 1.16. The highest BCUT2D eigenvalue weighted by molar-refractivity contribution is 5.72. The molecule has 0 saturated heterocycles. The van der Waals surface area contributed by atoms with Crippen LogP contribution in [0.3, 0.4) is 0 Å². The zero-order valence-electron chi connectivity index (χ0n) is 6.54. The molecule has 7 heteroatoms. The molecule has 0 bridgehead atoms. The minimum Gasteiger partial charge on any atom is -0.479 e. The van der Waals surface area contributed by atoms with Crippen molar-refractivity contribution in [3.63, 3.8) is 0 Å². The Bertz CT molecular complexity index is 348. The molecule has 1 aromatic rings. The van der Waals surface area contributed by atoms with Crippen molar-refractivity contribution in [1.29, 1.82) is 0 Å². The van der Waals surface area contributed by atoms with Gasteiger partial charge in [0, 0.05) is 0 Å². The van der Waals surface area contributed by atoms with Gasteiger partial charge in [0.2, 0.25) is 6.10 Å². The summed E-state index contributed by atoms with van der Waals surface area (Å²) in [5.74, 6) is -1.33. The van der Waals surface area contributed by atoms with E-state index in [1.807, 2.05) is 0 Å². The van der Waals surface area contributed by atoms with Gasteiger partial charge in [-0.15, -0.1) is 5.10 Å². The van der Waals surface area contributed by atoms with Crippen molar-refractivity contribution in [3.8, 4) is 6.01 Å². The zero-order chi connectivity index (χ0) is 9.42. The Balaban J connectivity index is 2.36. The van der Waals surface area contributed by atoms with Gasteiger partial charge in [-0.2, -0.15) is 0 Å². The predicted octanol–water partition coefficient (Wildman–Crippen LogP) is -1.21. The molecule has 7 nitrogen and oxygen atoms in total. The summed E-state index contributed by atoms with van der Waals surface area (Å²) in [6, 6.07) is 0.260. The van der Waals surface area contributed by atoms with Gasteiger partial charge in [-0.25, -0.2) is 4.79 Å². The number of nitrogens with zero attached hydrogens (tertiary/aromatic N) is 3. The van der Waals surface area contributed by atoms with Gasteiger partial charge in [-0.3, -0.25) is 4.57 Å². The van der Waals surface area contributed by atoms with Crippen molar-refractivity contribution >= 4 is 5.97 Å². The molecule has 0 aliphatic carbocycles. The average Bonchev–Trinajstić information content (AvgIpc) is 2.61. The van der Waals surface area contributed by atoms with E-state index in [9.17, 15) is 9.90 Å². The van der Waals surface area contributed by atoms with E-state index in [2.05, 4.69) is 10.2 Å². The molecule has 1 unspecified atom stereocenters. The van der Waals surface area contributed by atoms with Crippen LogP contribution in [0.2, 0.25) is 0 Å². The highest BCUT2D eigenvalue weighted by Crippen LogP contribution is 2.20. The van der Waals surface area contributed by atoms with E-state index < -0.39 is 12.1 Å². The van der Waals surface area contributed by atoms with E-state index in [-0.39, 0.29) is 11.8 Å². The Labute approximate surface area is 72.6 Å². The van der Waals surface area contributed by atoms with Gasteiger partial charge < -0.3 is 14.9 Å². The second-order valence-corrected chi connectivity index (χ2v) is 2.58. The lowest BCUT2D eigenvalue weighted by atomic mass is 10.3. The Morgan fingerprint density at radius 3 is 3.08 bits per heavy atom. The summed E-state index contributed by atoms with van der Waals surface area (Å²) in [7, 11) is 0. The molecule has 1 aliphatic rings. The standard InChI is InChI=1S/C6H7N3O4/c10-3(5(11)12)4-7-8-6-9(4)1-2-13-6/h3,10H,1-2H2,(H,11,12). The van der Waals surface area contributed by atoms with Gasteiger partial charge in [0.15, 0.2) is 5.82 Å². The highest BCUT2D eigenvalue weighted by Gasteiger charge is 2.27. The lowest BCUT2D eigenvalue weighted by Crippen LogP contribution is -2.16. The minimum atomic E-state index is -1.64. The smallest absolute Gasteiger partial charge is 0.340 e. The predicted molar refractivity (Wildman–Crippen MR) is 38.1 cm³/mol. The molecule has 0 fully saturated rings. The van der Waals surface area contributed by atoms with Crippen LogP contribution in [0.1, 0.15) is 11.9 Å². The number of fused-ring (bicyclic) bond motifs is 1. The second-order valence-electron chi connectivity index (χ2n) is 2.58. The van der Waals surface area contributed by atoms with Crippen molar-refractivity contribution in [2.75, 3.05) is 6.61 Å². The first-order valence-electron chi connectivity index (χ1n) is 3.67. The monoisotopic (exact) mass is 185 g/mol. The molecule has 0 radical (unpaired) electrons. The third-order valence-corrected chi connectivity index (χ3v) is 1.77. The number of ether oxygens (including phenoxy) is 1. The van der Waals surface area contributed by atoms with Crippen molar-refractivity contribution in [3.05, 3.63) is 5.82 Å². The number of aliphatic carboxylic acids is 1. The SMILES string of the molecule is O=C(O)C(O)c1nnc2n1CCO2. The van der Waals surface area contributed by atoms with E-state index in [1.54, 1.807) is 0 Å². The number of aliphatic hydroxyl groups excluding tert-OH is 1. The van der Waals surface area contributed by atoms with Crippen LogP contribution < -0.4 is 4.74 Å². The van der Waals surface area contributed by atoms with Crippen molar-refractivity contribution in [1.82, 2.24) is 14.8 Å². The van der Waals surface area contributed by atoms with Crippen LogP contribution in [-0.2, 0) is 11.3 Å². The summed E-state index contributed by atoms with van der Waals surface area (Å²) in [5, 5.41) is 24.8. The summed E-state index contributed by atoms with van der Waals surface area (Å²) >= 11 is 0. The minimum absolute atomic E-state index is 0.0139. The van der Waals surface area contributed by atoms with Gasteiger partial charge in [0.05, 0.1) is 6.54 Å². The fourth-order valence-corrected chi connectivity index (χ4v) is 1.16. The second kappa shape index (κ2) is 2.70. The number of hydrogen-bond donors (Lipinski definition) is 2. The third kappa shape index (κ3) is 1.13. The molecule has 0 saturated carbocycles. The molecule has 2 rings (SSSR count). The molecule has 0 spiro atoms. The summed E-state index contributed by atoms with van der Waals surface area (Å²) in [6.45, 7) is 0.909. The van der Waals surface area contributed by atoms with Crippen LogP contribution in [0.4, 0.5) is 0 Å². The van der Waals surface area contributed by atoms with E-state index in [0.29, 0.717) is 13.2 Å². The van der Waals surface area contributed by atoms with E-state index in [0.717, 1.165) is 0 Å². The Morgan fingerprint density at radius 2 is 2.38 bits per heavy atom.